The van der Waals surface area contributed by atoms with Crippen molar-refractivity contribution in [2.75, 3.05) is 31.6 Å². The Labute approximate surface area is 215 Å². The zero-order valence-electron chi connectivity index (χ0n) is 19.7. The average Bonchev–Trinajstić information content (AvgIpc) is 2.79. The van der Waals surface area contributed by atoms with Gasteiger partial charge in [0, 0.05) is 43.9 Å². The van der Waals surface area contributed by atoms with Gasteiger partial charge in [-0.3, -0.25) is 14.5 Å². The molecular formula is C25H24ClF4N3O4. The van der Waals surface area contributed by atoms with Gasteiger partial charge >= 0.3 is 6.36 Å². The van der Waals surface area contributed by atoms with Gasteiger partial charge in [0.15, 0.2) is 0 Å². The second kappa shape index (κ2) is 11.1. The molecule has 2 aromatic carbocycles. The Morgan fingerprint density at radius 1 is 1.16 bits per heavy atom. The Balaban J connectivity index is 1.51. The minimum Gasteiger partial charge on any atom is -0.404 e. The Bertz CT molecular complexity index is 1180. The number of ether oxygens (including phenoxy) is 2. The molecule has 0 aliphatic carbocycles. The van der Waals surface area contributed by atoms with E-state index in [1.807, 2.05) is 0 Å². The maximum atomic E-state index is 13.2. The van der Waals surface area contributed by atoms with Crippen molar-refractivity contribution in [3.05, 3.63) is 64.4 Å². The highest BCUT2D eigenvalue weighted by molar-refractivity contribution is 6.32. The molecule has 2 saturated heterocycles. The van der Waals surface area contributed by atoms with Crippen molar-refractivity contribution in [2.24, 2.45) is 0 Å². The number of nitrogens with zero attached hydrogens (tertiary/aromatic N) is 2. The smallest absolute Gasteiger partial charge is 0.404 e. The summed E-state index contributed by atoms with van der Waals surface area (Å²) in [6.45, 7) is 3.57. The lowest BCUT2D eigenvalue weighted by Crippen LogP contribution is -2.65. The molecular weight excluding hydrogens is 518 g/mol. The molecule has 12 heteroatoms. The zero-order valence-corrected chi connectivity index (χ0v) is 20.5. The van der Waals surface area contributed by atoms with Gasteiger partial charge in [-0.25, -0.2) is 4.39 Å². The van der Waals surface area contributed by atoms with Crippen LogP contribution in [0.15, 0.2) is 42.5 Å². The first kappa shape index (κ1) is 26.9. The van der Waals surface area contributed by atoms with Crippen LogP contribution < -0.4 is 10.1 Å². The number of carbonyl (C=O) groups is 2. The summed E-state index contributed by atoms with van der Waals surface area (Å²) in [5, 5.41) is 2.14. The third-order valence-electron chi connectivity index (χ3n) is 5.96. The number of rotatable bonds is 6. The van der Waals surface area contributed by atoms with Crippen LogP contribution in [0.2, 0.25) is 5.02 Å². The Morgan fingerprint density at radius 2 is 1.81 bits per heavy atom. The minimum atomic E-state index is -4.97. The molecule has 0 saturated carbocycles. The molecule has 2 unspecified atom stereocenters. The van der Waals surface area contributed by atoms with E-state index >= 15 is 0 Å². The first-order chi connectivity index (χ1) is 17.5. The molecule has 2 aliphatic heterocycles. The molecule has 2 aliphatic rings. The van der Waals surface area contributed by atoms with Crippen LogP contribution in [0, 0.1) is 5.82 Å². The number of piperazine rings is 1. The maximum Gasteiger partial charge on any atom is 0.573 e. The molecule has 198 valence electrons. The zero-order chi connectivity index (χ0) is 26.7. The SMILES string of the molecule is CC(=O)Nc1cc(Cl)c(OC(F)(F)F)cc1C=CC(=O)N1C2COCC1CN(Cc1ccc(F)cc1)C2. The van der Waals surface area contributed by atoms with E-state index in [9.17, 15) is 27.2 Å². The van der Waals surface area contributed by atoms with E-state index in [1.54, 1.807) is 17.0 Å². The molecule has 2 amide bonds. The molecule has 37 heavy (non-hydrogen) atoms. The molecule has 0 spiro atoms. The number of nitrogens with one attached hydrogen (secondary N) is 1. The van der Waals surface area contributed by atoms with Crippen molar-refractivity contribution in [3.8, 4) is 5.75 Å². The molecule has 4 rings (SSSR count). The van der Waals surface area contributed by atoms with E-state index in [0.717, 1.165) is 17.7 Å². The number of amides is 2. The van der Waals surface area contributed by atoms with E-state index in [0.29, 0.717) is 32.8 Å². The molecule has 2 heterocycles. The number of carbonyl (C=O) groups excluding carboxylic acids is 2. The van der Waals surface area contributed by atoms with Gasteiger partial charge in [-0.2, -0.15) is 0 Å². The van der Waals surface area contributed by atoms with Crippen molar-refractivity contribution in [2.45, 2.75) is 31.9 Å². The van der Waals surface area contributed by atoms with Crippen LogP contribution in [0.5, 0.6) is 5.75 Å². The summed E-state index contributed by atoms with van der Waals surface area (Å²) in [5.74, 6) is -1.78. The lowest BCUT2D eigenvalue weighted by molar-refractivity contribution is -0.274. The number of anilines is 1. The lowest BCUT2D eigenvalue weighted by atomic mass is 10.0. The number of hydrogen-bond donors (Lipinski definition) is 1. The largest absolute Gasteiger partial charge is 0.573 e. The van der Waals surface area contributed by atoms with Gasteiger partial charge in [-0.05, 0) is 35.9 Å². The first-order valence-corrected chi connectivity index (χ1v) is 11.8. The van der Waals surface area contributed by atoms with Crippen LogP contribution in [-0.4, -0.2) is 66.4 Å². The van der Waals surface area contributed by atoms with Crippen LogP contribution in [0.3, 0.4) is 0 Å². The van der Waals surface area contributed by atoms with Crippen molar-refractivity contribution < 1.29 is 36.6 Å². The normalized spacial score (nSPS) is 20.2. The van der Waals surface area contributed by atoms with E-state index in [1.165, 1.54) is 31.2 Å². The highest BCUT2D eigenvalue weighted by Gasteiger charge is 2.40. The van der Waals surface area contributed by atoms with Crippen molar-refractivity contribution in [3.63, 3.8) is 0 Å². The van der Waals surface area contributed by atoms with Gasteiger partial charge in [-0.1, -0.05) is 23.7 Å². The van der Waals surface area contributed by atoms with Crippen LogP contribution in [0.4, 0.5) is 23.2 Å². The van der Waals surface area contributed by atoms with Gasteiger partial charge in [0.1, 0.15) is 11.6 Å². The fraction of sp³-hybridized carbons (Fsp3) is 0.360. The van der Waals surface area contributed by atoms with Gasteiger partial charge < -0.3 is 19.7 Å². The number of benzene rings is 2. The van der Waals surface area contributed by atoms with Crippen LogP contribution in [0.25, 0.3) is 6.08 Å². The summed E-state index contributed by atoms with van der Waals surface area (Å²) in [5.41, 5.74) is 1.19. The highest BCUT2D eigenvalue weighted by atomic mass is 35.5. The molecule has 7 nitrogen and oxygen atoms in total. The number of fused-ring (bicyclic) bond motifs is 2. The summed E-state index contributed by atoms with van der Waals surface area (Å²) in [4.78, 5) is 28.7. The Kier molecular flexibility index (Phi) is 8.05. The van der Waals surface area contributed by atoms with Crippen LogP contribution in [0.1, 0.15) is 18.1 Å². The molecule has 0 radical (unpaired) electrons. The lowest BCUT2D eigenvalue weighted by Gasteiger charge is -2.49. The summed E-state index contributed by atoms with van der Waals surface area (Å²) in [6, 6.07) is 7.90. The molecule has 1 N–H and O–H groups in total. The van der Waals surface area contributed by atoms with Crippen molar-refractivity contribution in [1.29, 1.82) is 0 Å². The predicted octanol–water partition coefficient (Wildman–Crippen LogP) is 4.46. The van der Waals surface area contributed by atoms with Gasteiger partial charge in [0.05, 0.1) is 30.3 Å². The second-order valence-corrected chi connectivity index (χ2v) is 9.25. The monoisotopic (exact) mass is 541 g/mol. The van der Waals surface area contributed by atoms with Gasteiger partial charge in [0.2, 0.25) is 11.8 Å². The Hall–Kier alpha value is -3.15. The van der Waals surface area contributed by atoms with E-state index in [-0.39, 0.29) is 40.1 Å². The third-order valence-corrected chi connectivity index (χ3v) is 6.26. The number of morpholine rings is 1. The van der Waals surface area contributed by atoms with Crippen molar-refractivity contribution in [1.82, 2.24) is 9.80 Å². The summed E-state index contributed by atoms with van der Waals surface area (Å²) in [6.07, 6.45) is -2.41. The van der Waals surface area contributed by atoms with Crippen LogP contribution >= 0.6 is 11.6 Å². The fourth-order valence-electron chi connectivity index (χ4n) is 4.54. The summed E-state index contributed by atoms with van der Waals surface area (Å²) < 4.78 is 61.2. The van der Waals surface area contributed by atoms with E-state index in [4.69, 9.17) is 16.3 Å². The van der Waals surface area contributed by atoms with Gasteiger partial charge in [-0.15, -0.1) is 13.2 Å². The average molecular weight is 542 g/mol. The Morgan fingerprint density at radius 3 is 2.41 bits per heavy atom. The number of alkyl halides is 3. The van der Waals surface area contributed by atoms with Crippen molar-refractivity contribution >= 4 is 35.2 Å². The predicted molar refractivity (Wildman–Crippen MR) is 128 cm³/mol. The second-order valence-electron chi connectivity index (χ2n) is 8.84. The fourth-order valence-corrected chi connectivity index (χ4v) is 4.75. The number of halogens is 5. The molecule has 2 aromatic rings. The number of hydrogen-bond acceptors (Lipinski definition) is 5. The van der Waals surface area contributed by atoms with Gasteiger partial charge in [0.25, 0.3) is 0 Å². The third kappa shape index (κ3) is 7.00. The molecule has 0 aromatic heterocycles. The molecule has 2 bridgehead atoms. The molecule has 2 atom stereocenters. The van der Waals surface area contributed by atoms with E-state index in [2.05, 4.69) is 15.0 Å². The first-order valence-electron chi connectivity index (χ1n) is 11.4. The van der Waals surface area contributed by atoms with Crippen LogP contribution in [-0.2, 0) is 20.9 Å². The highest BCUT2D eigenvalue weighted by Crippen LogP contribution is 2.35. The quantitative estimate of drug-likeness (QED) is 0.432. The summed E-state index contributed by atoms with van der Waals surface area (Å²) in [7, 11) is 0. The maximum absolute atomic E-state index is 13.2. The standard InChI is InChI=1S/C25H24ClF4N3O4/c1-15(34)31-22-9-21(26)23(37-25(28,29)30)8-17(22)4-7-24(35)33-19-11-32(12-20(33)14-36-13-19)10-16-2-5-18(27)6-3-16/h2-9,19-20H,10-14H2,1H3,(H,31,34). The summed E-state index contributed by atoms with van der Waals surface area (Å²) >= 11 is 5.91. The van der Waals surface area contributed by atoms with E-state index < -0.39 is 18.0 Å². The molecule has 2 fully saturated rings. The minimum absolute atomic E-state index is 0.114. The topological polar surface area (TPSA) is 71.1 Å².